The Morgan fingerprint density at radius 1 is 1.24 bits per heavy atom. The fourth-order valence-corrected chi connectivity index (χ4v) is 2.98. The van der Waals surface area contributed by atoms with Crippen LogP contribution in [-0.4, -0.2) is 44.3 Å². The number of methoxy groups -OCH3 is 1. The minimum Gasteiger partial charge on any atom is -0.379 e. The number of nitrogens with one attached hydrogen (secondary N) is 3. The Bertz CT molecular complexity index is 684. The van der Waals surface area contributed by atoms with Gasteiger partial charge in [0.05, 0.1) is 6.10 Å². The Labute approximate surface area is 151 Å². The average molecular weight is 345 g/mol. The summed E-state index contributed by atoms with van der Waals surface area (Å²) < 4.78 is 5.58. The molecule has 5 nitrogen and oxygen atoms in total. The van der Waals surface area contributed by atoms with Gasteiger partial charge in [-0.2, -0.15) is 0 Å². The van der Waals surface area contributed by atoms with Gasteiger partial charge in [0.15, 0.2) is 5.96 Å². The highest BCUT2D eigenvalue weighted by Crippen LogP contribution is 2.21. The molecule has 0 radical (unpaired) electrons. The van der Waals surface area contributed by atoms with Crippen LogP contribution in [0.25, 0.3) is 10.9 Å². The molecule has 138 valence electrons. The first-order valence-electron chi connectivity index (χ1n) is 8.98. The van der Waals surface area contributed by atoms with Gasteiger partial charge < -0.3 is 20.4 Å². The molecule has 0 saturated carbocycles. The van der Waals surface area contributed by atoms with Gasteiger partial charge in [0.2, 0.25) is 0 Å². The maximum atomic E-state index is 5.58. The second-order valence-corrected chi connectivity index (χ2v) is 7.43. The number of fused-ring (bicyclic) bond motifs is 1. The van der Waals surface area contributed by atoms with Gasteiger partial charge in [0, 0.05) is 44.3 Å². The summed E-state index contributed by atoms with van der Waals surface area (Å²) in [6, 6.07) is 8.44. The third kappa shape index (κ3) is 5.49. The normalized spacial score (nSPS) is 13.9. The van der Waals surface area contributed by atoms with Gasteiger partial charge in [-0.3, -0.25) is 4.99 Å². The lowest BCUT2D eigenvalue weighted by atomic mass is 9.89. The number of benzene rings is 1. The standard InChI is InChI=1S/C20H32N4O/c1-20(2,3)18(25-5)14-24-19(21-4)22-12-8-9-15-13-23-17-11-7-6-10-16(15)17/h6-7,10-11,13,18,23H,8-9,12,14H2,1-5H3,(H2,21,22,24). The lowest BCUT2D eigenvalue weighted by Gasteiger charge is -2.30. The summed E-state index contributed by atoms with van der Waals surface area (Å²) >= 11 is 0. The highest BCUT2D eigenvalue weighted by molar-refractivity contribution is 5.83. The topological polar surface area (TPSA) is 61.4 Å². The molecule has 0 amide bonds. The molecular formula is C20H32N4O. The second kappa shape index (κ2) is 8.90. The van der Waals surface area contributed by atoms with Gasteiger partial charge in [-0.05, 0) is 29.9 Å². The third-order valence-corrected chi connectivity index (χ3v) is 4.52. The van der Waals surface area contributed by atoms with E-state index in [1.54, 1.807) is 14.2 Å². The van der Waals surface area contributed by atoms with Crippen molar-refractivity contribution in [2.75, 3.05) is 27.2 Å². The van der Waals surface area contributed by atoms with Gasteiger partial charge in [0.25, 0.3) is 0 Å². The van der Waals surface area contributed by atoms with Crippen LogP contribution in [0.1, 0.15) is 32.8 Å². The molecule has 5 heteroatoms. The van der Waals surface area contributed by atoms with E-state index < -0.39 is 0 Å². The van der Waals surface area contributed by atoms with Crippen LogP contribution in [0, 0.1) is 5.41 Å². The van der Waals surface area contributed by atoms with Crippen LogP contribution in [0.5, 0.6) is 0 Å². The lowest BCUT2D eigenvalue weighted by Crippen LogP contribution is -2.45. The summed E-state index contributed by atoms with van der Waals surface area (Å²) in [6.45, 7) is 8.16. The van der Waals surface area contributed by atoms with Gasteiger partial charge in [-0.25, -0.2) is 0 Å². The Morgan fingerprint density at radius 3 is 2.68 bits per heavy atom. The van der Waals surface area contributed by atoms with Crippen molar-refractivity contribution in [2.45, 2.75) is 39.7 Å². The van der Waals surface area contributed by atoms with E-state index in [1.165, 1.54) is 16.5 Å². The number of aromatic amines is 1. The molecule has 0 aliphatic heterocycles. The summed E-state index contributed by atoms with van der Waals surface area (Å²) in [4.78, 5) is 7.63. The minimum atomic E-state index is 0.0932. The highest BCUT2D eigenvalue weighted by Gasteiger charge is 2.24. The molecule has 0 aliphatic rings. The largest absolute Gasteiger partial charge is 0.379 e. The van der Waals surface area contributed by atoms with Crippen LogP contribution in [0.2, 0.25) is 0 Å². The van der Waals surface area contributed by atoms with E-state index in [9.17, 15) is 0 Å². The molecule has 1 atom stereocenters. The quantitative estimate of drug-likeness (QED) is 0.410. The van der Waals surface area contributed by atoms with E-state index in [-0.39, 0.29) is 11.5 Å². The smallest absolute Gasteiger partial charge is 0.191 e. The van der Waals surface area contributed by atoms with E-state index in [2.05, 4.69) is 71.8 Å². The Hall–Kier alpha value is -2.01. The summed E-state index contributed by atoms with van der Waals surface area (Å²) in [5, 5.41) is 8.06. The zero-order valence-electron chi connectivity index (χ0n) is 16.1. The molecule has 0 spiro atoms. The summed E-state index contributed by atoms with van der Waals surface area (Å²) in [5.74, 6) is 0.824. The number of para-hydroxylation sites is 1. The van der Waals surface area contributed by atoms with Crippen LogP contribution < -0.4 is 10.6 Å². The van der Waals surface area contributed by atoms with Crippen LogP contribution in [0.3, 0.4) is 0 Å². The van der Waals surface area contributed by atoms with E-state index >= 15 is 0 Å². The van der Waals surface area contributed by atoms with Crippen molar-refractivity contribution < 1.29 is 4.74 Å². The predicted molar refractivity (Wildman–Crippen MR) is 106 cm³/mol. The number of rotatable bonds is 7. The fourth-order valence-electron chi connectivity index (χ4n) is 2.98. The molecule has 1 unspecified atom stereocenters. The Morgan fingerprint density at radius 2 is 2.00 bits per heavy atom. The van der Waals surface area contributed by atoms with Crippen molar-refractivity contribution in [3.8, 4) is 0 Å². The molecule has 0 saturated heterocycles. The number of aryl methyl sites for hydroxylation is 1. The monoisotopic (exact) mass is 344 g/mol. The van der Waals surface area contributed by atoms with Crippen molar-refractivity contribution in [1.29, 1.82) is 0 Å². The maximum absolute atomic E-state index is 5.58. The molecule has 1 heterocycles. The predicted octanol–water partition coefficient (Wildman–Crippen LogP) is 3.33. The second-order valence-electron chi connectivity index (χ2n) is 7.43. The minimum absolute atomic E-state index is 0.0932. The molecule has 1 aromatic carbocycles. The number of H-pyrrole nitrogens is 1. The summed E-state index contributed by atoms with van der Waals surface area (Å²) in [6.07, 6.45) is 4.34. The number of guanidine groups is 1. The molecule has 25 heavy (non-hydrogen) atoms. The van der Waals surface area contributed by atoms with E-state index in [0.717, 1.165) is 31.9 Å². The maximum Gasteiger partial charge on any atom is 0.191 e. The zero-order chi connectivity index (χ0) is 18.3. The Kier molecular flexibility index (Phi) is 6.88. The number of aromatic nitrogens is 1. The van der Waals surface area contributed by atoms with Crippen molar-refractivity contribution in [1.82, 2.24) is 15.6 Å². The van der Waals surface area contributed by atoms with E-state index in [1.807, 2.05) is 0 Å². The molecule has 3 N–H and O–H groups in total. The lowest BCUT2D eigenvalue weighted by molar-refractivity contribution is 0.0205. The zero-order valence-corrected chi connectivity index (χ0v) is 16.1. The SMILES string of the molecule is CN=C(NCCCc1c[nH]c2ccccc12)NCC(OC)C(C)(C)C. The number of hydrogen-bond acceptors (Lipinski definition) is 2. The van der Waals surface area contributed by atoms with Crippen LogP contribution >= 0.6 is 0 Å². The van der Waals surface area contributed by atoms with Crippen molar-refractivity contribution >= 4 is 16.9 Å². The average Bonchev–Trinajstić information content (AvgIpc) is 2.99. The van der Waals surface area contributed by atoms with E-state index in [0.29, 0.717) is 0 Å². The summed E-state index contributed by atoms with van der Waals surface area (Å²) in [7, 11) is 3.56. The molecule has 2 rings (SSSR count). The first-order chi connectivity index (χ1) is 12.0. The molecular weight excluding hydrogens is 312 g/mol. The number of aliphatic imine (C=N–C) groups is 1. The summed E-state index contributed by atoms with van der Waals surface area (Å²) in [5.41, 5.74) is 2.67. The molecule has 0 fully saturated rings. The van der Waals surface area contributed by atoms with Crippen LogP contribution in [0.4, 0.5) is 0 Å². The van der Waals surface area contributed by atoms with E-state index in [4.69, 9.17) is 4.74 Å². The van der Waals surface area contributed by atoms with Gasteiger partial charge in [-0.1, -0.05) is 39.0 Å². The first kappa shape index (κ1) is 19.3. The van der Waals surface area contributed by atoms with Crippen molar-refractivity contribution in [3.63, 3.8) is 0 Å². The first-order valence-corrected chi connectivity index (χ1v) is 8.98. The van der Waals surface area contributed by atoms with Crippen molar-refractivity contribution in [2.24, 2.45) is 10.4 Å². The molecule has 0 aliphatic carbocycles. The number of ether oxygens (including phenoxy) is 1. The van der Waals surface area contributed by atoms with Crippen LogP contribution in [0.15, 0.2) is 35.5 Å². The van der Waals surface area contributed by atoms with Crippen molar-refractivity contribution in [3.05, 3.63) is 36.0 Å². The molecule has 2 aromatic rings. The van der Waals surface area contributed by atoms with Gasteiger partial charge in [0.1, 0.15) is 0 Å². The van der Waals surface area contributed by atoms with Crippen LogP contribution in [-0.2, 0) is 11.2 Å². The highest BCUT2D eigenvalue weighted by atomic mass is 16.5. The fraction of sp³-hybridized carbons (Fsp3) is 0.550. The Balaban J connectivity index is 1.76. The third-order valence-electron chi connectivity index (χ3n) is 4.52. The molecule has 1 aromatic heterocycles. The van der Waals surface area contributed by atoms with Gasteiger partial charge in [-0.15, -0.1) is 0 Å². The van der Waals surface area contributed by atoms with Gasteiger partial charge >= 0.3 is 0 Å². The number of nitrogens with zero attached hydrogens (tertiary/aromatic N) is 1. The number of hydrogen-bond donors (Lipinski definition) is 3. The molecule has 0 bridgehead atoms.